The van der Waals surface area contributed by atoms with Gasteiger partial charge in [-0.2, -0.15) is 0 Å². The SMILES string of the molecule is COCO[C@H](C)[C@H](/C=C/CO)Cc1ccccc1. The molecular formula is C15H22O3. The van der Waals surface area contributed by atoms with Crippen LogP contribution >= 0.6 is 0 Å². The summed E-state index contributed by atoms with van der Waals surface area (Å²) in [6, 6.07) is 10.3. The summed E-state index contributed by atoms with van der Waals surface area (Å²) in [5.74, 6) is 0.231. The zero-order valence-electron chi connectivity index (χ0n) is 11.1. The predicted molar refractivity (Wildman–Crippen MR) is 72.3 cm³/mol. The molecule has 3 heteroatoms. The molecule has 3 nitrogen and oxygen atoms in total. The van der Waals surface area contributed by atoms with Crippen molar-refractivity contribution in [3.05, 3.63) is 48.0 Å². The summed E-state index contributed by atoms with van der Waals surface area (Å²) in [7, 11) is 1.61. The van der Waals surface area contributed by atoms with Crippen molar-refractivity contribution in [2.75, 3.05) is 20.5 Å². The number of hydrogen-bond donors (Lipinski definition) is 1. The van der Waals surface area contributed by atoms with Gasteiger partial charge in [0.25, 0.3) is 0 Å². The van der Waals surface area contributed by atoms with Gasteiger partial charge < -0.3 is 14.6 Å². The molecule has 100 valence electrons. The lowest BCUT2D eigenvalue weighted by Crippen LogP contribution is -2.22. The molecule has 0 radical (unpaired) electrons. The third kappa shape index (κ3) is 5.45. The molecule has 1 rings (SSSR count). The lowest BCUT2D eigenvalue weighted by atomic mass is 9.94. The maximum Gasteiger partial charge on any atom is 0.146 e. The van der Waals surface area contributed by atoms with E-state index in [4.69, 9.17) is 14.6 Å². The molecule has 0 spiro atoms. The quantitative estimate of drug-likeness (QED) is 0.569. The molecular weight excluding hydrogens is 228 g/mol. The molecule has 2 atom stereocenters. The lowest BCUT2D eigenvalue weighted by molar-refractivity contribution is -0.0778. The molecule has 1 aromatic carbocycles. The first-order valence-electron chi connectivity index (χ1n) is 6.20. The Hall–Kier alpha value is -1.16. The van der Waals surface area contributed by atoms with Crippen molar-refractivity contribution < 1.29 is 14.6 Å². The maximum absolute atomic E-state index is 8.89. The fraction of sp³-hybridized carbons (Fsp3) is 0.467. The van der Waals surface area contributed by atoms with Gasteiger partial charge >= 0.3 is 0 Å². The minimum Gasteiger partial charge on any atom is -0.392 e. The van der Waals surface area contributed by atoms with Gasteiger partial charge in [-0.25, -0.2) is 0 Å². The van der Waals surface area contributed by atoms with Crippen molar-refractivity contribution in [2.24, 2.45) is 5.92 Å². The van der Waals surface area contributed by atoms with Crippen LogP contribution in [0.1, 0.15) is 12.5 Å². The Morgan fingerprint density at radius 2 is 2.00 bits per heavy atom. The van der Waals surface area contributed by atoms with Crippen LogP contribution in [0.4, 0.5) is 0 Å². The molecule has 0 saturated heterocycles. The van der Waals surface area contributed by atoms with Crippen LogP contribution in [0.3, 0.4) is 0 Å². The first kappa shape index (κ1) is 14.9. The van der Waals surface area contributed by atoms with E-state index < -0.39 is 0 Å². The fourth-order valence-electron chi connectivity index (χ4n) is 1.81. The number of aliphatic hydroxyl groups is 1. The smallest absolute Gasteiger partial charge is 0.146 e. The van der Waals surface area contributed by atoms with Gasteiger partial charge in [-0.15, -0.1) is 0 Å². The van der Waals surface area contributed by atoms with E-state index in [1.54, 1.807) is 13.2 Å². The monoisotopic (exact) mass is 250 g/mol. The third-order valence-corrected chi connectivity index (χ3v) is 2.85. The van der Waals surface area contributed by atoms with Gasteiger partial charge in [-0.3, -0.25) is 0 Å². The van der Waals surface area contributed by atoms with E-state index in [0.29, 0.717) is 6.79 Å². The van der Waals surface area contributed by atoms with Crippen LogP contribution in [-0.4, -0.2) is 31.7 Å². The van der Waals surface area contributed by atoms with E-state index in [9.17, 15) is 0 Å². The normalized spacial score (nSPS) is 14.8. The van der Waals surface area contributed by atoms with E-state index >= 15 is 0 Å². The molecule has 0 aliphatic carbocycles. The molecule has 1 aromatic rings. The van der Waals surface area contributed by atoms with Crippen molar-refractivity contribution in [1.29, 1.82) is 0 Å². The Morgan fingerprint density at radius 3 is 2.61 bits per heavy atom. The number of methoxy groups -OCH3 is 1. The molecule has 0 aliphatic rings. The minimum absolute atomic E-state index is 0.0490. The first-order chi connectivity index (χ1) is 8.77. The molecule has 1 N–H and O–H groups in total. The molecule has 0 fully saturated rings. The summed E-state index contributed by atoms with van der Waals surface area (Å²) >= 11 is 0. The second-order valence-corrected chi connectivity index (χ2v) is 4.24. The summed E-state index contributed by atoms with van der Waals surface area (Å²) < 4.78 is 10.5. The number of hydrogen-bond acceptors (Lipinski definition) is 3. The van der Waals surface area contributed by atoms with Gasteiger partial charge in [0.15, 0.2) is 0 Å². The van der Waals surface area contributed by atoms with Crippen LogP contribution in [0.15, 0.2) is 42.5 Å². The molecule has 0 heterocycles. The van der Waals surface area contributed by atoms with Crippen molar-refractivity contribution in [3.8, 4) is 0 Å². The molecule has 0 saturated carbocycles. The summed E-state index contributed by atoms with van der Waals surface area (Å²) in [5, 5.41) is 8.89. The van der Waals surface area contributed by atoms with Crippen LogP contribution in [0, 0.1) is 5.92 Å². The topological polar surface area (TPSA) is 38.7 Å². The molecule has 0 unspecified atom stereocenters. The number of benzene rings is 1. The van der Waals surface area contributed by atoms with Crippen LogP contribution < -0.4 is 0 Å². The molecule has 0 bridgehead atoms. The minimum atomic E-state index is 0.0490. The Bertz CT molecular complexity index is 335. The second-order valence-electron chi connectivity index (χ2n) is 4.24. The van der Waals surface area contributed by atoms with E-state index in [1.165, 1.54) is 5.56 Å². The second kappa shape index (κ2) is 8.86. The van der Waals surface area contributed by atoms with E-state index in [-0.39, 0.29) is 18.6 Å². The van der Waals surface area contributed by atoms with Crippen LogP contribution in [-0.2, 0) is 15.9 Å². The first-order valence-corrected chi connectivity index (χ1v) is 6.20. The van der Waals surface area contributed by atoms with Gasteiger partial charge in [-0.1, -0.05) is 42.5 Å². The highest BCUT2D eigenvalue weighted by atomic mass is 16.7. The summed E-state index contributed by atoms with van der Waals surface area (Å²) in [6.07, 6.45) is 4.71. The van der Waals surface area contributed by atoms with Gasteiger partial charge in [0.2, 0.25) is 0 Å². The van der Waals surface area contributed by atoms with Crippen molar-refractivity contribution in [1.82, 2.24) is 0 Å². The van der Waals surface area contributed by atoms with Gasteiger partial charge in [0, 0.05) is 13.0 Å². The van der Waals surface area contributed by atoms with Crippen molar-refractivity contribution in [2.45, 2.75) is 19.4 Å². The standard InChI is InChI=1S/C15H22O3/c1-13(18-12-17-2)15(9-6-10-16)11-14-7-4-3-5-8-14/h3-9,13,15-16H,10-12H2,1-2H3/b9-6+/t13-,15-/m1/s1. The lowest BCUT2D eigenvalue weighted by Gasteiger charge is -2.21. The Labute approximate surface area is 109 Å². The fourth-order valence-corrected chi connectivity index (χ4v) is 1.81. The summed E-state index contributed by atoms with van der Waals surface area (Å²) in [6.45, 7) is 2.37. The third-order valence-electron chi connectivity index (χ3n) is 2.85. The average molecular weight is 250 g/mol. The zero-order chi connectivity index (χ0) is 13.2. The highest BCUT2D eigenvalue weighted by molar-refractivity contribution is 5.16. The predicted octanol–water partition coefficient (Wildman–Crippen LogP) is 2.40. The average Bonchev–Trinajstić information content (AvgIpc) is 2.42. The highest BCUT2D eigenvalue weighted by Crippen LogP contribution is 2.16. The van der Waals surface area contributed by atoms with Gasteiger partial charge in [-0.05, 0) is 18.9 Å². The van der Waals surface area contributed by atoms with E-state index in [2.05, 4.69) is 12.1 Å². The van der Waals surface area contributed by atoms with Gasteiger partial charge in [0.05, 0.1) is 12.7 Å². The molecule has 0 amide bonds. The van der Waals surface area contributed by atoms with Gasteiger partial charge in [0.1, 0.15) is 6.79 Å². The zero-order valence-corrected chi connectivity index (χ0v) is 11.1. The maximum atomic E-state index is 8.89. The van der Waals surface area contributed by atoms with E-state index in [0.717, 1.165) is 6.42 Å². The Morgan fingerprint density at radius 1 is 1.28 bits per heavy atom. The Kier molecular flexibility index (Phi) is 7.34. The van der Waals surface area contributed by atoms with Crippen molar-refractivity contribution >= 4 is 0 Å². The number of aliphatic hydroxyl groups excluding tert-OH is 1. The van der Waals surface area contributed by atoms with Crippen molar-refractivity contribution in [3.63, 3.8) is 0 Å². The molecule has 0 aliphatic heterocycles. The highest BCUT2D eigenvalue weighted by Gasteiger charge is 2.15. The number of rotatable bonds is 8. The summed E-state index contributed by atoms with van der Waals surface area (Å²) in [4.78, 5) is 0. The van der Waals surface area contributed by atoms with E-state index in [1.807, 2.05) is 31.2 Å². The largest absolute Gasteiger partial charge is 0.392 e. The number of ether oxygens (including phenoxy) is 2. The Balaban J connectivity index is 2.63. The summed E-state index contributed by atoms with van der Waals surface area (Å²) in [5.41, 5.74) is 1.26. The van der Waals surface area contributed by atoms with Crippen LogP contribution in [0.25, 0.3) is 0 Å². The molecule has 0 aromatic heterocycles. The van der Waals surface area contributed by atoms with Crippen LogP contribution in [0.5, 0.6) is 0 Å². The van der Waals surface area contributed by atoms with Crippen LogP contribution in [0.2, 0.25) is 0 Å². The molecule has 18 heavy (non-hydrogen) atoms.